The van der Waals surface area contributed by atoms with E-state index >= 15 is 0 Å². The van der Waals surface area contributed by atoms with E-state index in [0.29, 0.717) is 5.78 Å². The molecule has 0 unspecified atom stereocenters. The Kier molecular flexibility index (Phi) is 10.2. The zero-order chi connectivity index (χ0) is 14.7. The molecule has 0 amide bonds. The molecule has 0 fully saturated rings. The molecule has 0 saturated carbocycles. The Hall–Kier alpha value is -0.370. The van der Waals surface area contributed by atoms with Crippen molar-refractivity contribution in [2.24, 2.45) is 0 Å². The van der Waals surface area contributed by atoms with Crippen molar-refractivity contribution in [3.63, 3.8) is 0 Å². The quantitative estimate of drug-likeness (QED) is 0.474. The molecule has 0 aliphatic rings. The summed E-state index contributed by atoms with van der Waals surface area (Å²) < 4.78 is 0. The normalized spacial score (nSPS) is 12.1. The van der Waals surface area contributed by atoms with Gasteiger partial charge in [0.2, 0.25) is 0 Å². The summed E-state index contributed by atoms with van der Waals surface area (Å²) in [5, 5.41) is 0. The summed E-state index contributed by atoms with van der Waals surface area (Å²) in [4.78, 5) is 15.0. The number of unbranched alkanes of at least 4 members (excludes halogenated alkanes) is 4. The molecular formula is C17H35NO. The zero-order valence-corrected chi connectivity index (χ0v) is 13.9. The molecule has 2 heteroatoms. The molecule has 0 aromatic rings. The van der Waals surface area contributed by atoms with Crippen LogP contribution in [-0.4, -0.2) is 29.3 Å². The maximum atomic E-state index is 12.7. The number of likely N-dealkylation sites (N-methyl/N-ethyl adjacent to an activating group) is 1. The molecule has 114 valence electrons. The lowest BCUT2D eigenvalue weighted by atomic mass is 9.83. The minimum absolute atomic E-state index is 0.200. The van der Waals surface area contributed by atoms with Crippen LogP contribution in [0.1, 0.15) is 86.0 Å². The van der Waals surface area contributed by atoms with Crippen LogP contribution in [0.5, 0.6) is 0 Å². The largest absolute Gasteiger partial charge is 0.298 e. The lowest BCUT2D eigenvalue weighted by molar-refractivity contribution is -0.132. The van der Waals surface area contributed by atoms with Crippen molar-refractivity contribution >= 4 is 5.78 Å². The Balaban J connectivity index is 4.48. The summed E-state index contributed by atoms with van der Waals surface area (Å²) in [5.74, 6) is 0.470. The lowest BCUT2D eigenvalue weighted by Crippen LogP contribution is -2.53. The van der Waals surface area contributed by atoms with Gasteiger partial charge in [0.15, 0.2) is 5.78 Å². The minimum Gasteiger partial charge on any atom is -0.298 e. The van der Waals surface area contributed by atoms with E-state index in [-0.39, 0.29) is 5.54 Å². The molecular weight excluding hydrogens is 234 g/mol. The van der Waals surface area contributed by atoms with E-state index < -0.39 is 0 Å². The third-order valence-electron chi connectivity index (χ3n) is 4.56. The molecule has 0 atom stereocenters. The molecule has 0 aliphatic heterocycles. The second-order valence-electron chi connectivity index (χ2n) is 5.50. The number of carbonyl (C=O) groups excluding carboxylic acids is 1. The van der Waals surface area contributed by atoms with Crippen LogP contribution >= 0.6 is 0 Å². The highest BCUT2D eigenvalue weighted by Crippen LogP contribution is 2.27. The van der Waals surface area contributed by atoms with Crippen LogP contribution in [0.2, 0.25) is 0 Å². The summed E-state index contributed by atoms with van der Waals surface area (Å²) >= 11 is 0. The van der Waals surface area contributed by atoms with Crippen molar-refractivity contribution in [3.05, 3.63) is 0 Å². The molecule has 0 aromatic heterocycles. The number of carbonyl (C=O) groups is 1. The Labute approximate surface area is 120 Å². The second kappa shape index (κ2) is 10.4. The number of Topliss-reactive ketones (excluding diaryl/α,β-unsaturated/α-hetero) is 1. The van der Waals surface area contributed by atoms with Crippen LogP contribution < -0.4 is 0 Å². The van der Waals surface area contributed by atoms with Gasteiger partial charge in [0, 0.05) is 6.42 Å². The highest BCUT2D eigenvalue weighted by Gasteiger charge is 2.38. The minimum atomic E-state index is -0.200. The maximum absolute atomic E-state index is 12.7. The summed E-state index contributed by atoms with van der Waals surface area (Å²) in [6, 6.07) is 0. The molecule has 0 heterocycles. The first kappa shape index (κ1) is 18.6. The maximum Gasteiger partial charge on any atom is 0.153 e. The summed E-state index contributed by atoms with van der Waals surface area (Å²) in [5.41, 5.74) is -0.200. The molecule has 0 bridgehead atoms. The van der Waals surface area contributed by atoms with Crippen LogP contribution in [0.25, 0.3) is 0 Å². The van der Waals surface area contributed by atoms with E-state index in [1.807, 2.05) is 0 Å². The Morgan fingerprint density at radius 2 is 1.37 bits per heavy atom. The summed E-state index contributed by atoms with van der Waals surface area (Å²) in [6.07, 6.45) is 8.78. The topological polar surface area (TPSA) is 20.3 Å². The predicted octanol–water partition coefficient (Wildman–Crippen LogP) is 4.82. The Morgan fingerprint density at radius 1 is 0.842 bits per heavy atom. The van der Waals surface area contributed by atoms with Gasteiger partial charge in [-0.05, 0) is 32.4 Å². The molecule has 19 heavy (non-hydrogen) atoms. The van der Waals surface area contributed by atoms with Gasteiger partial charge in [-0.3, -0.25) is 9.69 Å². The molecule has 0 saturated heterocycles. The summed E-state index contributed by atoms with van der Waals surface area (Å²) in [7, 11) is 0. The van der Waals surface area contributed by atoms with Gasteiger partial charge in [0.05, 0.1) is 5.54 Å². The van der Waals surface area contributed by atoms with E-state index in [9.17, 15) is 4.79 Å². The third kappa shape index (κ3) is 5.25. The highest BCUT2D eigenvalue weighted by molar-refractivity contribution is 5.88. The molecule has 0 spiro atoms. The molecule has 2 nitrogen and oxygen atoms in total. The Morgan fingerprint density at radius 3 is 1.79 bits per heavy atom. The first-order chi connectivity index (χ1) is 9.12. The standard InChI is InChI=1S/C17H35NO/c1-6-11-12-13-14-15-16(19)17(7-2,8-3)18(9-4)10-5/h6-15H2,1-5H3. The molecule has 0 N–H and O–H groups in total. The average molecular weight is 269 g/mol. The van der Waals surface area contributed by atoms with Gasteiger partial charge < -0.3 is 0 Å². The van der Waals surface area contributed by atoms with E-state index in [1.165, 1.54) is 25.7 Å². The van der Waals surface area contributed by atoms with Gasteiger partial charge in [0.1, 0.15) is 0 Å². The van der Waals surface area contributed by atoms with Crippen molar-refractivity contribution in [3.8, 4) is 0 Å². The van der Waals surface area contributed by atoms with Crippen molar-refractivity contribution in [2.45, 2.75) is 91.5 Å². The van der Waals surface area contributed by atoms with Crippen molar-refractivity contribution in [2.75, 3.05) is 13.1 Å². The molecule has 0 aliphatic carbocycles. The van der Waals surface area contributed by atoms with E-state index in [4.69, 9.17) is 0 Å². The van der Waals surface area contributed by atoms with Gasteiger partial charge >= 0.3 is 0 Å². The molecule has 0 aromatic carbocycles. The molecule has 0 rings (SSSR count). The third-order valence-corrected chi connectivity index (χ3v) is 4.56. The highest BCUT2D eigenvalue weighted by atomic mass is 16.1. The fourth-order valence-electron chi connectivity index (χ4n) is 3.22. The van der Waals surface area contributed by atoms with Gasteiger partial charge in [0.25, 0.3) is 0 Å². The van der Waals surface area contributed by atoms with Gasteiger partial charge in [-0.25, -0.2) is 0 Å². The number of hydrogen-bond acceptors (Lipinski definition) is 2. The van der Waals surface area contributed by atoms with Gasteiger partial charge in [-0.1, -0.05) is 60.3 Å². The lowest BCUT2D eigenvalue weighted by Gasteiger charge is -2.41. The van der Waals surface area contributed by atoms with Crippen LogP contribution in [0.15, 0.2) is 0 Å². The summed E-state index contributed by atoms with van der Waals surface area (Å²) in [6.45, 7) is 12.8. The fraction of sp³-hybridized carbons (Fsp3) is 0.941. The van der Waals surface area contributed by atoms with Gasteiger partial charge in [-0.2, -0.15) is 0 Å². The number of rotatable bonds is 12. The first-order valence-corrected chi connectivity index (χ1v) is 8.41. The SMILES string of the molecule is CCCCCCCC(=O)C(CC)(CC)N(CC)CC. The predicted molar refractivity (Wildman–Crippen MR) is 84.6 cm³/mol. The van der Waals surface area contributed by atoms with Crippen LogP contribution in [-0.2, 0) is 4.79 Å². The van der Waals surface area contributed by atoms with Crippen molar-refractivity contribution in [1.82, 2.24) is 4.90 Å². The van der Waals surface area contributed by atoms with Crippen LogP contribution in [0.4, 0.5) is 0 Å². The first-order valence-electron chi connectivity index (χ1n) is 8.41. The fourth-order valence-corrected chi connectivity index (χ4v) is 3.22. The van der Waals surface area contributed by atoms with E-state index in [0.717, 1.165) is 38.8 Å². The second-order valence-corrected chi connectivity index (χ2v) is 5.50. The number of hydrogen-bond donors (Lipinski definition) is 0. The van der Waals surface area contributed by atoms with Crippen molar-refractivity contribution < 1.29 is 4.79 Å². The zero-order valence-electron chi connectivity index (χ0n) is 13.9. The average Bonchev–Trinajstić information content (AvgIpc) is 2.44. The van der Waals surface area contributed by atoms with Crippen molar-refractivity contribution in [1.29, 1.82) is 0 Å². The van der Waals surface area contributed by atoms with E-state index in [2.05, 4.69) is 39.5 Å². The number of nitrogens with zero attached hydrogens (tertiary/aromatic N) is 1. The molecule has 0 radical (unpaired) electrons. The monoisotopic (exact) mass is 269 g/mol. The van der Waals surface area contributed by atoms with E-state index in [1.54, 1.807) is 0 Å². The van der Waals surface area contributed by atoms with Crippen LogP contribution in [0.3, 0.4) is 0 Å². The Bertz CT molecular complexity index is 229. The smallest absolute Gasteiger partial charge is 0.153 e. The number of ketones is 1. The van der Waals surface area contributed by atoms with Gasteiger partial charge in [-0.15, -0.1) is 0 Å². The van der Waals surface area contributed by atoms with Crippen LogP contribution in [0, 0.1) is 0 Å².